The van der Waals surface area contributed by atoms with Crippen molar-refractivity contribution in [1.82, 2.24) is 4.90 Å². The maximum absolute atomic E-state index is 9.29. The molecule has 1 aliphatic carbocycles. The van der Waals surface area contributed by atoms with Gasteiger partial charge >= 0.3 is 0 Å². The van der Waals surface area contributed by atoms with E-state index in [1.165, 1.54) is 30.6 Å². The average Bonchev–Trinajstić information content (AvgIpc) is 2.71. The minimum Gasteiger partial charge on any atom is -0.297 e. The van der Waals surface area contributed by atoms with E-state index in [4.69, 9.17) is 0 Å². The molecule has 0 spiro atoms. The van der Waals surface area contributed by atoms with Crippen LogP contribution in [0.2, 0.25) is 0 Å². The summed E-state index contributed by atoms with van der Waals surface area (Å²) in [5.74, 6) is 0.225. The van der Waals surface area contributed by atoms with Crippen molar-refractivity contribution >= 4 is 11.3 Å². The van der Waals surface area contributed by atoms with Crippen LogP contribution in [0.5, 0.6) is 0 Å². The first-order chi connectivity index (χ1) is 8.31. The molecule has 1 aliphatic rings. The summed E-state index contributed by atoms with van der Waals surface area (Å²) in [5.41, 5.74) is 0. The van der Waals surface area contributed by atoms with Crippen molar-refractivity contribution in [1.29, 1.82) is 5.26 Å². The lowest BCUT2D eigenvalue weighted by atomic mass is 9.95. The van der Waals surface area contributed by atoms with Crippen LogP contribution < -0.4 is 0 Å². The van der Waals surface area contributed by atoms with Crippen molar-refractivity contribution in [3.05, 3.63) is 22.4 Å². The SMILES string of the molecule is CN(Cc1cccs1)C1CCCCCC1C#N. The normalized spacial score (nSPS) is 25.5. The van der Waals surface area contributed by atoms with E-state index >= 15 is 0 Å². The molecule has 0 amide bonds. The van der Waals surface area contributed by atoms with Crippen LogP contribution in [0, 0.1) is 17.2 Å². The van der Waals surface area contributed by atoms with E-state index < -0.39 is 0 Å². The molecule has 0 saturated heterocycles. The van der Waals surface area contributed by atoms with Crippen LogP contribution in [-0.2, 0) is 6.54 Å². The van der Waals surface area contributed by atoms with E-state index in [0.29, 0.717) is 6.04 Å². The van der Waals surface area contributed by atoms with Gasteiger partial charge in [-0.1, -0.05) is 25.3 Å². The Morgan fingerprint density at radius 1 is 1.41 bits per heavy atom. The lowest BCUT2D eigenvalue weighted by Crippen LogP contribution is -2.36. The van der Waals surface area contributed by atoms with Crippen LogP contribution in [0.15, 0.2) is 17.5 Å². The number of hydrogen-bond acceptors (Lipinski definition) is 3. The third kappa shape index (κ3) is 3.31. The minimum atomic E-state index is 0.225. The molecule has 1 aromatic rings. The van der Waals surface area contributed by atoms with Gasteiger partial charge in [-0.15, -0.1) is 11.3 Å². The predicted octanol–water partition coefficient (Wildman–Crippen LogP) is 3.65. The van der Waals surface area contributed by atoms with Crippen LogP contribution in [0.25, 0.3) is 0 Å². The van der Waals surface area contributed by atoms with Crippen LogP contribution in [0.4, 0.5) is 0 Å². The summed E-state index contributed by atoms with van der Waals surface area (Å²) < 4.78 is 0. The van der Waals surface area contributed by atoms with Crippen molar-refractivity contribution in [2.24, 2.45) is 5.92 Å². The summed E-state index contributed by atoms with van der Waals surface area (Å²) in [6.45, 7) is 0.987. The molecule has 2 nitrogen and oxygen atoms in total. The van der Waals surface area contributed by atoms with Gasteiger partial charge in [0.2, 0.25) is 0 Å². The first-order valence-corrected chi connectivity index (χ1v) is 7.31. The summed E-state index contributed by atoms with van der Waals surface area (Å²) in [5, 5.41) is 11.4. The number of hydrogen-bond donors (Lipinski definition) is 0. The monoisotopic (exact) mass is 248 g/mol. The van der Waals surface area contributed by atoms with Gasteiger partial charge in [-0.25, -0.2) is 0 Å². The van der Waals surface area contributed by atoms with E-state index in [1.807, 2.05) is 0 Å². The Morgan fingerprint density at radius 3 is 2.94 bits per heavy atom. The molecule has 0 N–H and O–H groups in total. The Balaban J connectivity index is 2.00. The molecular weight excluding hydrogens is 228 g/mol. The zero-order valence-corrected chi connectivity index (χ0v) is 11.2. The summed E-state index contributed by atoms with van der Waals surface area (Å²) in [6.07, 6.45) is 6.05. The average molecular weight is 248 g/mol. The van der Waals surface area contributed by atoms with Gasteiger partial charge in [0.25, 0.3) is 0 Å². The zero-order valence-electron chi connectivity index (χ0n) is 10.4. The summed E-state index contributed by atoms with van der Waals surface area (Å²) >= 11 is 1.80. The number of thiophene rings is 1. The third-order valence-corrected chi connectivity index (χ3v) is 4.56. The molecule has 0 radical (unpaired) electrons. The highest BCUT2D eigenvalue weighted by Gasteiger charge is 2.26. The highest BCUT2D eigenvalue weighted by Crippen LogP contribution is 2.27. The Kier molecular flexibility index (Phi) is 4.58. The van der Waals surface area contributed by atoms with Crippen LogP contribution in [0.3, 0.4) is 0 Å². The molecule has 1 heterocycles. The molecule has 92 valence electrons. The molecular formula is C14H20N2S. The van der Waals surface area contributed by atoms with Gasteiger partial charge in [0.05, 0.1) is 12.0 Å². The van der Waals surface area contributed by atoms with E-state index in [0.717, 1.165) is 13.0 Å². The molecule has 1 fully saturated rings. The first kappa shape index (κ1) is 12.6. The number of rotatable bonds is 3. The van der Waals surface area contributed by atoms with Crippen molar-refractivity contribution in [2.75, 3.05) is 7.05 Å². The standard InChI is InChI=1S/C14H20N2S/c1-16(11-13-7-5-9-17-13)14-8-4-2-3-6-12(14)10-15/h5,7,9,12,14H,2-4,6,8,11H2,1H3. The topological polar surface area (TPSA) is 27.0 Å². The largest absolute Gasteiger partial charge is 0.297 e. The second-order valence-corrected chi connectivity index (χ2v) is 5.97. The van der Waals surface area contributed by atoms with Crippen LogP contribution >= 0.6 is 11.3 Å². The predicted molar refractivity (Wildman–Crippen MR) is 71.8 cm³/mol. The first-order valence-electron chi connectivity index (χ1n) is 6.43. The van der Waals surface area contributed by atoms with Gasteiger partial charge in [-0.2, -0.15) is 5.26 Å². The summed E-state index contributed by atoms with van der Waals surface area (Å²) in [7, 11) is 2.17. The second kappa shape index (κ2) is 6.18. The number of nitrogens with zero attached hydrogens (tertiary/aromatic N) is 2. The Hall–Kier alpha value is -0.850. The van der Waals surface area contributed by atoms with Crippen LogP contribution in [0.1, 0.15) is 37.0 Å². The molecule has 0 aromatic carbocycles. The van der Waals surface area contributed by atoms with Gasteiger partial charge < -0.3 is 0 Å². The van der Waals surface area contributed by atoms with Crippen molar-refractivity contribution in [3.8, 4) is 6.07 Å². The quantitative estimate of drug-likeness (QED) is 0.763. The van der Waals surface area contributed by atoms with Crippen molar-refractivity contribution < 1.29 is 0 Å². The molecule has 2 atom stereocenters. The fraction of sp³-hybridized carbons (Fsp3) is 0.643. The van der Waals surface area contributed by atoms with Gasteiger partial charge in [-0.05, 0) is 31.3 Å². The van der Waals surface area contributed by atoms with Crippen molar-refractivity contribution in [3.63, 3.8) is 0 Å². The smallest absolute Gasteiger partial charge is 0.0672 e. The lowest BCUT2D eigenvalue weighted by molar-refractivity contribution is 0.184. The van der Waals surface area contributed by atoms with E-state index in [2.05, 4.69) is 35.5 Å². The maximum Gasteiger partial charge on any atom is 0.0672 e. The molecule has 1 aromatic heterocycles. The van der Waals surface area contributed by atoms with Gasteiger partial charge in [0, 0.05) is 17.5 Å². The van der Waals surface area contributed by atoms with Crippen LogP contribution in [-0.4, -0.2) is 18.0 Å². The summed E-state index contributed by atoms with van der Waals surface area (Å²) in [4.78, 5) is 3.78. The highest BCUT2D eigenvalue weighted by atomic mass is 32.1. The fourth-order valence-electron chi connectivity index (χ4n) is 2.73. The molecule has 1 saturated carbocycles. The Bertz CT molecular complexity index is 366. The lowest BCUT2D eigenvalue weighted by Gasteiger charge is -2.29. The highest BCUT2D eigenvalue weighted by molar-refractivity contribution is 7.09. The van der Waals surface area contributed by atoms with E-state index in [-0.39, 0.29) is 5.92 Å². The van der Waals surface area contributed by atoms with Crippen molar-refractivity contribution in [2.45, 2.75) is 44.7 Å². The second-order valence-electron chi connectivity index (χ2n) is 4.94. The third-order valence-electron chi connectivity index (χ3n) is 3.70. The maximum atomic E-state index is 9.29. The molecule has 17 heavy (non-hydrogen) atoms. The minimum absolute atomic E-state index is 0.225. The molecule has 2 unspecified atom stereocenters. The van der Waals surface area contributed by atoms with Gasteiger partial charge in [0.1, 0.15) is 0 Å². The van der Waals surface area contributed by atoms with E-state index in [9.17, 15) is 5.26 Å². The Labute approximate surface area is 108 Å². The van der Waals surface area contributed by atoms with Gasteiger partial charge in [-0.3, -0.25) is 4.90 Å². The van der Waals surface area contributed by atoms with Gasteiger partial charge in [0.15, 0.2) is 0 Å². The Morgan fingerprint density at radius 2 is 2.24 bits per heavy atom. The molecule has 3 heteroatoms. The molecule has 0 aliphatic heterocycles. The zero-order chi connectivity index (χ0) is 12.1. The fourth-order valence-corrected chi connectivity index (χ4v) is 3.50. The van der Waals surface area contributed by atoms with E-state index in [1.54, 1.807) is 11.3 Å². The summed E-state index contributed by atoms with van der Waals surface area (Å²) in [6, 6.07) is 7.24. The number of nitriles is 1. The molecule has 0 bridgehead atoms. The molecule has 2 rings (SSSR count).